The van der Waals surface area contributed by atoms with Crippen molar-refractivity contribution >= 4 is 33.3 Å². The molecule has 0 aliphatic carbocycles. The number of rotatable bonds is 14. The molecule has 3 aromatic rings. The van der Waals surface area contributed by atoms with E-state index in [4.69, 9.17) is 9.47 Å². The largest absolute Gasteiger partial charge is 0.493 e. The lowest BCUT2D eigenvalue weighted by Gasteiger charge is -2.26. The molecule has 0 aliphatic heterocycles. The van der Waals surface area contributed by atoms with Gasteiger partial charge in [0.2, 0.25) is 15.9 Å². The molecule has 38 heavy (non-hydrogen) atoms. The lowest BCUT2D eigenvalue weighted by atomic mass is 10.1. The van der Waals surface area contributed by atoms with Crippen LogP contribution in [0.25, 0.3) is 6.08 Å². The molecule has 1 heterocycles. The van der Waals surface area contributed by atoms with E-state index in [-0.39, 0.29) is 19.0 Å². The quantitative estimate of drug-likeness (QED) is 0.258. The number of thiophene rings is 1. The second-order valence-corrected chi connectivity index (χ2v) is 11.8. The summed E-state index contributed by atoms with van der Waals surface area (Å²) < 4.78 is 38.1. The minimum atomic E-state index is -3.86. The third kappa shape index (κ3) is 8.31. The van der Waals surface area contributed by atoms with Gasteiger partial charge in [-0.3, -0.25) is 4.79 Å². The smallest absolute Gasteiger partial charge is 0.238 e. The minimum Gasteiger partial charge on any atom is -0.493 e. The van der Waals surface area contributed by atoms with Gasteiger partial charge in [-0.15, -0.1) is 17.9 Å². The van der Waals surface area contributed by atoms with Gasteiger partial charge in [0, 0.05) is 28.3 Å². The van der Waals surface area contributed by atoms with Crippen molar-refractivity contribution in [1.29, 1.82) is 0 Å². The maximum absolute atomic E-state index is 13.5. The molecule has 0 fully saturated rings. The molecule has 0 spiro atoms. The Labute approximate surface area is 229 Å². The summed E-state index contributed by atoms with van der Waals surface area (Å²) in [5.41, 5.74) is 1.73. The summed E-state index contributed by atoms with van der Waals surface area (Å²) in [6, 6.07) is 18.8. The first-order valence-electron chi connectivity index (χ1n) is 12.1. The van der Waals surface area contributed by atoms with E-state index in [0.29, 0.717) is 31.0 Å². The first-order chi connectivity index (χ1) is 18.2. The zero-order chi connectivity index (χ0) is 27.5. The second-order valence-electron chi connectivity index (χ2n) is 8.61. The van der Waals surface area contributed by atoms with Crippen LogP contribution in [-0.4, -0.2) is 57.4 Å². The SMILES string of the molecule is C=CCN(CC(=O)N(CCc1ccc(OC)c(OC)c1)Cc1ccc(C)s1)S(=O)(=O)/C=C/c1ccccc1. The Kier molecular flexibility index (Phi) is 10.7. The first kappa shape index (κ1) is 29.2. The van der Waals surface area contributed by atoms with E-state index < -0.39 is 10.0 Å². The predicted molar refractivity (Wildman–Crippen MR) is 154 cm³/mol. The zero-order valence-electron chi connectivity index (χ0n) is 22.0. The van der Waals surface area contributed by atoms with E-state index >= 15 is 0 Å². The Balaban J connectivity index is 1.79. The van der Waals surface area contributed by atoms with Gasteiger partial charge in [0.1, 0.15) is 0 Å². The van der Waals surface area contributed by atoms with E-state index in [1.54, 1.807) is 30.5 Å². The summed E-state index contributed by atoms with van der Waals surface area (Å²) in [5.74, 6) is 0.965. The molecule has 7 nitrogen and oxygen atoms in total. The van der Waals surface area contributed by atoms with Crippen LogP contribution in [0.5, 0.6) is 11.5 Å². The van der Waals surface area contributed by atoms with Crippen molar-refractivity contribution in [3.63, 3.8) is 0 Å². The molecule has 202 valence electrons. The van der Waals surface area contributed by atoms with E-state index in [1.165, 1.54) is 12.2 Å². The van der Waals surface area contributed by atoms with Gasteiger partial charge in [0.15, 0.2) is 11.5 Å². The fourth-order valence-corrected chi connectivity index (χ4v) is 5.83. The van der Waals surface area contributed by atoms with Gasteiger partial charge in [-0.1, -0.05) is 42.5 Å². The van der Waals surface area contributed by atoms with Gasteiger partial charge in [0.25, 0.3) is 0 Å². The highest BCUT2D eigenvalue weighted by Crippen LogP contribution is 2.28. The predicted octanol–water partition coefficient (Wildman–Crippen LogP) is 5.13. The number of hydrogen-bond donors (Lipinski definition) is 0. The lowest BCUT2D eigenvalue weighted by molar-refractivity contribution is -0.131. The van der Waals surface area contributed by atoms with Crippen molar-refractivity contribution < 1.29 is 22.7 Å². The second kappa shape index (κ2) is 13.9. The van der Waals surface area contributed by atoms with Gasteiger partial charge < -0.3 is 14.4 Å². The summed E-state index contributed by atoms with van der Waals surface area (Å²) in [4.78, 5) is 17.4. The maximum Gasteiger partial charge on any atom is 0.238 e. The van der Waals surface area contributed by atoms with Crippen molar-refractivity contribution in [2.75, 3.05) is 33.9 Å². The highest BCUT2D eigenvalue weighted by Gasteiger charge is 2.25. The topological polar surface area (TPSA) is 76.2 Å². The van der Waals surface area contributed by atoms with Crippen molar-refractivity contribution in [3.8, 4) is 11.5 Å². The van der Waals surface area contributed by atoms with E-state index in [2.05, 4.69) is 6.58 Å². The Bertz CT molecular complexity index is 1350. The molecule has 0 aliphatic rings. The standard InChI is InChI=1S/C29H34N2O5S2/c1-5-17-31(38(33,34)19-16-24-9-7-6-8-10-24)22-29(32)30(21-26-13-11-23(2)37-26)18-15-25-12-14-27(35-3)28(20-25)36-4/h5-14,16,19-20H,1,15,17-18,21-22H2,2-4H3/b19-16+. The van der Waals surface area contributed by atoms with Crippen molar-refractivity contribution in [1.82, 2.24) is 9.21 Å². The molecule has 0 unspecified atom stereocenters. The molecule has 0 atom stereocenters. The lowest BCUT2D eigenvalue weighted by Crippen LogP contribution is -2.42. The van der Waals surface area contributed by atoms with Gasteiger partial charge in [-0.2, -0.15) is 4.31 Å². The van der Waals surface area contributed by atoms with Crippen LogP contribution in [0.15, 0.2) is 78.7 Å². The number of benzene rings is 2. The van der Waals surface area contributed by atoms with Crippen LogP contribution < -0.4 is 9.47 Å². The molecule has 2 aromatic carbocycles. The number of nitrogens with zero attached hydrogens (tertiary/aromatic N) is 2. The van der Waals surface area contributed by atoms with E-state index in [9.17, 15) is 13.2 Å². The average Bonchev–Trinajstić information content (AvgIpc) is 3.34. The first-order valence-corrected chi connectivity index (χ1v) is 14.5. The van der Waals surface area contributed by atoms with Crippen molar-refractivity contribution in [3.05, 3.63) is 99.6 Å². The summed E-state index contributed by atoms with van der Waals surface area (Å²) in [6.07, 6.45) is 3.58. The molecule has 0 radical (unpaired) electrons. The summed E-state index contributed by atoms with van der Waals surface area (Å²) in [6.45, 7) is 6.24. The molecule has 3 rings (SSSR count). The summed E-state index contributed by atoms with van der Waals surface area (Å²) in [5, 5.41) is 1.13. The van der Waals surface area contributed by atoms with Gasteiger partial charge in [-0.05, 0) is 54.8 Å². The summed E-state index contributed by atoms with van der Waals surface area (Å²) >= 11 is 1.62. The van der Waals surface area contributed by atoms with Gasteiger partial charge >= 0.3 is 0 Å². The Morgan fingerprint density at radius 3 is 2.39 bits per heavy atom. The number of amides is 1. The fraction of sp³-hybridized carbons (Fsp3) is 0.276. The highest BCUT2D eigenvalue weighted by atomic mass is 32.2. The van der Waals surface area contributed by atoms with Crippen molar-refractivity contribution in [2.45, 2.75) is 19.9 Å². The molecule has 0 N–H and O–H groups in total. The normalized spacial score (nSPS) is 11.6. The van der Waals surface area contributed by atoms with Crippen LogP contribution in [0.1, 0.15) is 20.9 Å². The molecular weight excluding hydrogens is 520 g/mol. The summed E-state index contributed by atoms with van der Waals surface area (Å²) in [7, 11) is -0.694. The number of carbonyl (C=O) groups is 1. The molecule has 0 saturated heterocycles. The molecule has 1 amide bonds. The van der Waals surface area contributed by atoms with Gasteiger partial charge in [-0.25, -0.2) is 8.42 Å². The number of carbonyl (C=O) groups excluding carboxylic acids is 1. The highest BCUT2D eigenvalue weighted by molar-refractivity contribution is 7.92. The number of hydrogen-bond acceptors (Lipinski definition) is 6. The molecular formula is C29H34N2O5S2. The van der Waals surface area contributed by atoms with Crippen LogP contribution >= 0.6 is 11.3 Å². The fourth-order valence-electron chi connectivity index (χ4n) is 3.82. The van der Waals surface area contributed by atoms with Crippen LogP contribution in [0.2, 0.25) is 0 Å². The van der Waals surface area contributed by atoms with Crippen LogP contribution in [0, 0.1) is 6.92 Å². The van der Waals surface area contributed by atoms with Gasteiger partial charge in [0.05, 0.1) is 27.3 Å². The van der Waals surface area contributed by atoms with Crippen molar-refractivity contribution in [2.24, 2.45) is 0 Å². The maximum atomic E-state index is 13.5. The molecule has 1 aromatic heterocycles. The number of ether oxygens (including phenoxy) is 2. The van der Waals surface area contributed by atoms with Crippen LogP contribution in [-0.2, 0) is 27.8 Å². The minimum absolute atomic E-state index is 0.0227. The van der Waals surface area contributed by atoms with Crippen LogP contribution in [0.3, 0.4) is 0 Å². The number of sulfonamides is 1. The Morgan fingerprint density at radius 1 is 1.03 bits per heavy atom. The molecule has 9 heteroatoms. The molecule has 0 saturated carbocycles. The molecule has 0 bridgehead atoms. The number of aryl methyl sites for hydroxylation is 1. The number of methoxy groups -OCH3 is 2. The third-order valence-electron chi connectivity index (χ3n) is 5.85. The zero-order valence-corrected chi connectivity index (χ0v) is 23.6. The monoisotopic (exact) mass is 554 g/mol. The average molecular weight is 555 g/mol. The Morgan fingerprint density at radius 2 is 1.76 bits per heavy atom. The van der Waals surface area contributed by atoms with E-state index in [1.807, 2.05) is 67.6 Å². The van der Waals surface area contributed by atoms with E-state index in [0.717, 1.165) is 30.6 Å². The third-order valence-corrected chi connectivity index (χ3v) is 8.31. The van der Waals surface area contributed by atoms with Crippen LogP contribution in [0.4, 0.5) is 0 Å². The Hall–Kier alpha value is -3.40.